The van der Waals surface area contributed by atoms with E-state index in [1.54, 1.807) is 17.6 Å². The number of carbonyl (C=O) groups excluding carboxylic acids is 2. The van der Waals surface area contributed by atoms with Crippen LogP contribution < -0.4 is 22.1 Å². The lowest BCUT2D eigenvalue weighted by atomic mass is 9.89. The van der Waals surface area contributed by atoms with Crippen LogP contribution in [0.4, 0.5) is 10.1 Å². The van der Waals surface area contributed by atoms with Crippen LogP contribution in [0.15, 0.2) is 17.0 Å². The lowest BCUT2D eigenvalue weighted by molar-refractivity contribution is -0.122. The van der Waals surface area contributed by atoms with Crippen LogP contribution in [-0.4, -0.2) is 48.7 Å². The Balaban J connectivity index is 1.51. The quantitative estimate of drug-likeness (QED) is 0.421. The van der Waals surface area contributed by atoms with Crippen molar-refractivity contribution < 1.29 is 27.1 Å². The number of amides is 2. The molecule has 3 heterocycles. The normalized spacial score (nSPS) is 23.9. The maximum atomic E-state index is 15.5. The van der Waals surface area contributed by atoms with Crippen LogP contribution in [0.1, 0.15) is 73.8 Å². The minimum atomic E-state index is -3.57. The van der Waals surface area contributed by atoms with Crippen LogP contribution in [0.2, 0.25) is 0 Å². The smallest absolute Gasteiger partial charge is 0.253 e. The summed E-state index contributed by atoms with van der Waals surface area (Å²) in [7, 11) is -3.57. The number of carbonyl (C=O) groups is 2. The molecule has 10 nitrogen and oxygen atoms in total. The molecule has 0 radical (unpaired) electrons. The number of ether oxygens (including phenoxy) is 1. The second-order valence-corrected chi connectivity index (χ2v) is 13.8. The molecule has 39 heavy (non-hydrogen) atoms. The maximum absolute atomic E-state index is 15.5. The Morgan fingerprint density at radius 3 is 2.44 bits per heavy atom. The fourth-order valence-corrected chi connectivity index (χ4v) is 8.55. The van der Waals surface area contributed by atoms with Gasteiger partial charge in [0.15, 0.2) is 9.84 Å². The Hall–Kier alpha value is -2.96. The first kappa shape index (κ1) is 27.6. The van der Waals surface area contributed by atoms with Crippen molar-refractivity contribution in [3.8, 4) is 5.69 Å². The summed E-state index contributed by atoms with van der Waals surface area (Å²) >= 11 is 0. The second-order valence-electron chi connectivity index (χ2n) is 11.8. The summed E-state index contributed by atoms with van der Waals surface area (Å²) in [5.41, 5.74) is 13.1. The molecule has 1 aliphatic carbocycles. The highest BCUT2D eigenvalue weighted by molar-refractivity contribution is 7.91. The van der Waals surface area contributed by atoms with E-state index < -0.39 is 33.0 Å². The van der Waals surface area contributed by atoms with Gasteiger partial charge in [-0.1, -0.05) is 13.8 Å². The SMILES string of the molecule is C[C@H](N)C(=O)NC1CCC(Nc2cc(-n3c4c(c5c3CC(C)(C)CS5(=O)=O)COC4)cc(F)c2C(N)=O)CC1. The van der Waals surface area contributed by atoms with E-state index in [2.05, 4.69) is 10.6 Å². The molecule has 6 N–H and O–H groups in total. The van der Waals surface area contributed by atoms with E-state index in [0.29, 0.717) is 54.7 Å². The minimum Gasteiger partial charge on any atom is -0.382 e. The van der Waals surface area contributed by atoms with E-state index >= 15 is 4.39 Å². The summed E-state index contributed by atoms with van der Waals surface area (Å²) in [6.07, 6.45) is 3.26. The average molecular weight is 562 g/mol. The number of halogens is 1. The van der Waals surface area contributed by atoms with Gasteiger partial charge in [0.2, 0.25) is 5.91 Å². The predicted octanol–water partition coefficient (Wildman–Crippen LogP) is 2.29. The molecule has 1 saturated carbocycles. The van der Waals surface area contributed by atoms with Gasteiger partial charge in [0, 0.05) is 23.3 Å². The Morgan fingerprint density at radius 2 is 1.79 bits per heavy atom. The van der Waals surface area contributed by atoms with Gasteiger partial charge in [0.25, 0.3) is 5.91 Å². The third-order valence-electron chi connectivity index (χ3n) is 7.87. The number of rotatable bonds is 6. The fourth-order valence-electron chi connectivity index (χ4n) is 6.20. The van der Waals surface area contributed by atoms with Crippen LogP contribution in [0.25, 0.3) is 5.69 Å². The average Bonchev–Trinajstić information content (AvgIpc) is 3.38. The van der Waals surface area contributed by atoms with Crippen LogP contribution in [0, 0.1) is 11.2 Å². The first-order valence-corrected chi connectivity index (χ1v) is 14.9. The number of anilines is 1. The topological polar surface area (TPSA) is 159 Å². The molecule has 1 aromatic heterocycles. The highest BCUT2D eigenvalue weighted by Crippen LogP contribution is 2.44. The molecule has 2 amide bonds. The van der Waals surface area contributed by atoms with Crippen molar-refractivity contribution in [2.24, 2.45) is 16.9 Å². The van der Waals surface area contributed by atoms with Gasteiger partial charge >= 0.3 is 0 Å². The highest BCUT2D eigenvalue weighted by Gasteiger charge is 2.43. The van der Waals surface area contributed by atoms with Crippen molar-refractivity contribution in [1.29, 1.82) is 0 Å². The number of nitrogens with one attached hydrogen (secondary N) is 2. The fraction of sp³-hybridized carbons (Fsp3) is 0.556. The second kappa shape index (κ2) is 9.90. The molecule has 1 fully saturated rings. The van der Waals surface area contributed by atoms with E-state index in [1.807, 2.05) is 13.8 Å². The van der Waals surface area contributed by atoms with Gasteiger partial charge in [-0.05, 0) is 56.6 Å². The van der Waals surface area contributed by atoms with Crippen LogP contribution >= 0.6 is 0 Å². The molecule has 1 aromatic carbocycles. The number of hydrogen-bond donors (Lipinski definition) is 4. The minimum absolute atomic E-state index is 0.000445. The van der Waals surface area contributed by atoms with Crippen molar-refractivity contribution in [1.82, 2.24) is 9.88 Å². The zero-order valence-corrected chi connectivity index (χ0v) is 23.3. The first-order valence-electron chi connectivity index (χ1n) is 13.3. The van der Waals surface area contributed by atoms with Crippen LogP contribution in [0.3, 0.4) is 0 Å². The van der Waals surface area contributed by atoms with Gasteiger partial charge in [-0.15, -0.1) is 0 Å². The largest absolute Gasteiger partial charge is 0.382 e. The molecule has 1 atom stereocenters. The molecule has 2 aromatic rings. The van der Waals surface area contributed by atoms with Gasteiger partial charge in [-0.3, -0.25) is 9.59 Å². The van der Waals surface area contributed by atoms with Crippen molar-refractivity contribution in [2.75, 3.05) is 11.1 Å². The molecule has 2 aliphatic heterocycles. The lowest BCUT2D eigenvalue weighted by Gasteiger charge is -2.32. The molecule has 212 valence electrons. The Labute approximate surface area is 227 Å². The van der Waals surface area contributed by atoms with Gasteiger partial charge in [-0.2, -0.15) is 0 Å². The van der Waals surface area contributed by atoms with Gasteiger partial charge in [0.05, 0.1) is 52.5 Å². The zero-order valence-electron chi connectivity index (χ0n) is 22.5. The zero-order chi connectivity index (χ0) is 28.3. The third-order valence-corrected chi connectivity index (χ3v) is 10.1. The van der Waals surface area contributed by atoms with Crippen molar-refractivity contribution in [3.05, 3.63) is 40.5 Å². The number of sulfone groups is 1. The molecule has 0 unspecified atom stereocenters. The van der Waals surface area contributed by atoms with Gasteiger partial charge < -0.3 is 31.4 Å². The highest BCUT2D eigenvalue weighted by atomic mass is 32.2. The number of hydrogen-bond acceptors (Lipinski definition) is 7. The van der Waals surface area contributed by atoms with Crippen LogP contribution in [0.5, 0.6) is 0 Å². The maximum Gasteiger partial charge on any atom is 0.253 e. The first-order chi connectivity index (χ1) is 18.3. The van der Waals surface area contributed by atoms with Crippen LogP contribution in [-0.2, 0) is 39.0 Å². The Bertz CT molecular complexity index is 1440. The number of nitrogens with two attached hydrogens (primary N) is 2. The van der Waals surface area contributed by atoms with E-state index in [1.165, 1.54) is 6.07 Å². The third kappa shape index (κ3) is 5.17. The molecule has 0 spiro atoms. The molecule has 0 saturated heterocycles. The monoisotopic (exact) mass is 561 g/mol. The summed E-state index contributed by atoms with van der Waals surface area (Å²) in [4.78, 5) is 24.5. The number of aromatic nitrogens is 1. The summed E-state index contributed by atoms with van der Waals surface area (Å²) in [6.45, 7) is 5.83. The summed E-state index contributed by atoms with van der Waals surface area (Å²) in [5, 5.41) is 6.25. The Kier molecular flexibility index (Phi) is 7.01. The van der Waals surface area contributed by atoms with E-state index in [0.717, 1.165) is 0 Å². The van der Waals surface area contributed by atoms with Gasteiger partial charge in [0.1, 0.15) is 5.82 Å². The lowest BCUT2D eigenvalue weighted by Crippen LogP contribution is -2.46. The predicted molar refractivity (Wildman–Crippen MR) is 144 cm³/mol. The number of primary amides is 1. The van der Waals surface area contributed by atoms with Gasteiger partial charge in [-0.25, -0.2) is 12.8 Å². The molecular formula is C27H36FN5O5S. The van der Waals surface area contributed by atoms with Crippen molar-refractivity contribution in [3.63, 3.8) is 0 Å². The molecule has 3 aliphatic rings. The molecule has 0 bridgehead atoms. The summed E-state index contributed by atoms with van der Waals surface area (Å²) in [5.74, 6) is -1.85. The molecular weight excluding hydrogens is 525 g/mol. The van der Waals surface area contributed by atoms with E-state index in [9.17, 15) is 18.0 Å². The Morgan fingerprint density at radius 1 is 1.13 bits per heavy atom. The van der Waals surface area contributed by atoms with E-state index in [-0.39, 0.29) is 53.1 Å². The number of nitrogens with zero attached hydrogens (tertiary/aromatic N) is 1. The van der Waals surface area contributed by atoms with Crippen molar-refractivity contribution >= 4 is 27.3 Å². The standard InChI is InChI=1S/C27H36FN5O5S/c1-14(29)26(35)32-16-6-4-15(5-7-16)31-20-9-17(8-19(28)23(20)25(30)34)33-21-10-27(2,3)13-39(36,37)24(21)18-11-38-12-22(18)33/h8-9,14-16,31H,4-7,10-13,29H2,1-3H3,(H2,30,34)(H,32,35)/t14-,15?,16?/m0/s1. The number of benzene rings is 1. The number of fused-ring (bicyclic) bond motifs is 3. The summed E-state index contributed by atoms with van der Waals surface area (Å²) < 4.78 is 49.5. The summed E-state index contributed by atoms with van der Waals surface area (Å²) in [6, 6.07) is 2.24. The van der Waals surface area contributed by atoms with Crippen molar-refractivity contribution in [2.45, 2.75) is 89.1 Å². The van der Waals surface area contributed by atoms with E-state index in [4.69, 9.17) is 16.2 Å². The molecule has 5 rings (SSSR count). The molecule has 12 heteroatoms.